The van der Waals surface area contributed by atoms with Crippen LogP contribution in [-0.2, 0) is 9.59 Å². The number of fused-ring (bicyclic) bond motifs is 2. The number of amides is 2. The molecule has 1 aliphatic heterocycles. The molecule has 6 heteroatoms. The third kappa shape index (κ3) is 3.05. The Hall–Kier alpha value is -3.54. The number of nitrogens with zero attached hydrogens (tertiary/aromatic N) is 2. The number of para-hydroxylation sites is 1. The smallest absolute Gasteiger partial charge is 0.343 e. The van der Waals surface area contributed by atoms with Crippen molar-refractivity contribution in [2.24, 2.45) is 11.8 Å². The zero-order valence-corrected chi connectivity index (χ0v) is 16.3. The molecule has 0 bridgehead atoms. The maximum absolute atomic E-state index is 12.8. The third-order valence-corrected chi connectivity index (χ3v) is 5.98. The van der Waals surface area contributed by atoms with Gasteiger partial charge in [0.15, 0.2) is 5.75 Å². The summed E-state index contributed by atoms with van der Waals surface area (Å²) in [5.74, 6) is -0.983. The lowest BCUT2D eigenvalue weighted by atomic mass is 9.81. The summed E-state index contributed by atoms with van der Waals surface area (Å²) in [6.07, 6.45) is 5.09. The van der Waals surface area contributed by atoms with Crippen molar-refractivity contribution in [3.63, 3.8) is 0 Å². The largest absolute Gasteiger partial charge is 0.421 e. The van der Waals surface area contributed by atoms with Gasteiger partial charge < -0.3 is 4.74 Å². The highest BCUT2D eigenvalue weighted by Gasteiger charge is 2.48. The van der Waals surface area contributed by atoms with E-state index in [9.17, 15) is 14.4 Å². The van der Waals surface area contributed by atoms with E-state index in [1.54, 1.807) is 42.6 Å². The minimum Gasteiger partial charge on any atom is -0.421 e. The van der Waals surface area contributed by atoms with Crippen molar-refractivity contribution in [2.75, 3.05) is 4.90 Å². The van der Waals surface area contributed by atoms with Gasteiger partial charge in [0.05, 0.1) is 23.1 Å². The predicted octanol–water partition coefficient (Wildman–Crippen LogP) is 4.13. The first-order valence-electron chi connectivity index (χ1n) is 10.2. The van der Waals surface area contributed by atoms with Crippen LogP contribution in [0.15, 0.2) is 60.8 Å². The first-order chi connectivity index (χ1) is 14.6. The van der Waals surface area contributed by atoms with Crippen molar-refractivity contribution in [1.82, 2.24) is 4.98 Å². The first-order valence-corrected chi connectivity index (χ1v) is 10.2. The Morgan fingerprint density at radius 3 is 2.40 bits per heavy atom. The number of esters is 1. The van der Waals surface area contributed by atoms with Crippen LogP contribution < -0.4 is 9.64 Å². The van der Waals surface area contributed by atoms with Crippen LogP contribution in [0, 0.1) is 11.8 Å². The number of hydrogen-bond acceptors (Lipinski definition) is 5. The van der Waals surface area contributed by atoms with E-state index in [1.807, 2.05) is 18.2 Å². The average Bonchev–Trinajstić information content (AvgIpc) is 3.04. The number of ether oxygens (including phenoxy) is 1. The summed E-state index contributed by atoms with van der Waals surface area (Å²) >= 11 is 0. The lowest BCUT2D eigenvalue weighted by molar-refractivity contribution is -0.122. The van der Waals surface area contributed by atoms with Crippen molar-refractivity contribution >= 4 is 34.4 Å². The monoisotopic (exact) mass is 400 g/mol. The number of pyridine rings is 1. The Bertz CT molecular complexity index is 1140. The normalized spacial score (nSPS) is 21.0. The predicted molar refractivity (Wildman–Crippen MR) is 111 cm³/mol. The van der Waals surface area contributed by atoms with Crippen molar-refractivity contribution < 1.29 is 19.1 Å². The fourth-order valence-electron chi connectivity index (χ4n) is 4.51. The van der Waals surface area contributed by atoms with Gasteiger partial charge in [0, 0.05) is 11.6 Å². The molecule has 1 aromatic heterocycles. The van der Waals surface area contributed by atoms with Crippen LogP contribution >= 0.6 is 0 Å². The number of carbonyl (C=O) groups excluding carboxylic acids is 3. The van der Waals surface area contributed by atoms with Gasteiger partial charge in [0.2, 0.25) is 11.8 Å². The van der Waals surface area contributed by atoms with E-state index in [1.165, 1.54) is 4.90 Å². The van der Waals surface area contributed by atoms with Crippen LogP contribution in [0.1, 0.15) is 36.0 Å². The second-order valence-electron chi connectivity index (χ2n) is 7.78. The van der Waals surface area contributed by atoms with Crippen LogP contribution in [0.5, 0.6) is 5.75 Å². The topological polar surface area (TPSA) is 76.6 Å². The molecule has 150 valence electrons. The molecule has 5 rings (SSSR count). The summed E-state index contributed by atoms with van der Waals surface area (Å²) < 4.78 is 5.59. The maximum atomic E-state index is 12.8. The molecule has 0 radical (unpaired) electrons. The number of imide groups is 1. The van der Waals surface area contributed by atoms with Gasteiger partial charge in [0.25, 0.3) is 0 Å². The minimum atomic E-state index is -0.563. The molecule has 0 spiro atoms. The van der Waals surface area contributed by atoms with Crippen molar-refractivity contribution in [3.05, 3.63) is 66.4 Å². The van der Waals surface area contributed by atoms with E-state index < -0.39 is 5.97 Å². The van der Waals surface area contributed by atoms with E-state index in [2.05, 4.69) is 4.98 Å². The Kier molecular flexibility index (Phi) is 4.54. The molecular formula is C24H20N2O4. The molecule has 3 aromatic rings. The van der Waals surface area contributed by atoms with Crippen LogP contribution in [0.2, 0.25) is 0 Å². The number of carbonyl (C=O) groups is 3. The molecule has 2 fully saturated rings. The molecule has 1 aliphatic carbocycles. The number of anilines is 1. The summed E-state index contributed by atoms with van der Waals surface area (Å²) in [4.78, 5) is 44.0. The van der Waals surface area contributed by atoms with E-state index in [0.717, 1.165) is 31.1 Å². The molecule has 0 unspecified atom stereocenters. The Labute approximate surface area is 173 Å². The van der Waals surface area contributed by atoms with Gasteiger partial charge in [-0.2, -0.15) is 0 Å². The highest BCUT2D eigenvalue weighted by molar-refractivity contribution is 6.22. The fourth-order valence-corrected chi connectivity index (χ4v) is 4.51. The molecule has 2 aromatic carbocycles. The number of aromatic nitrogens is 1. The van der Waals surface area contributed by atoms with Crippen LogP contribution in [0.3, 0.4) is 0 Å². The summed E-state index contributed by atoms with van der Waals surface area (Å²) in [6.45, 7) is 0. The molecule has 2 aliphatic rings. The lowest BCUT2D eigenvalue weighted by Gasteiger charge is -2.19. The molecule has 0 N–H and O–H groups in total. The lowest BCUT2D eigenvalue weighted by Crippen LogP contribution is -2.31. The van der Waals surface area contributed by atoms with Crippen molar-refractivity contribution in [1.29, 1.82) is 0 Å². The number of hydrogen-bond donors (Lipinski definition) is 0. The van der Waals surface area contributed by atoms with E-state index >= 15 is 0 Å². The van der Waals surface area contributed by atoms with Crippen molar-refractivity contribution in [3.8, 4) is 5.75 Å². The Morgan fingerprint density at radius 1 is 0.933 bits per heavy atom. The SMILES string of the molecule is O=C(Oc1cccc2cccnc12)c1cccc(N2C(=O)[C@@H]3CCCC[C@H]3C2=O)c1. The summed E-state index contributed by atoms with van der Waals surface area (Å²) in [5, 5.41) is 0.868. The maximum Gasteiger partial charge on any atom is 0.343 e. The van der Waals surface area contributed by atoms with Crippen molar-refractivity contribution in [2.45, 2.75) is 25.7 Å². The van der Waals surface area contributed by atoms with Gasteiger partial charge in [-0.15, -0.1) is 0 Å². The van der Waals surface area contributed by atoms with E-state index in [-0.39, 0.29) is 29.2 Å². The number of rotatable bonds is 3. The zero-order chi connectivity index (χ0) is 20.7. The summed E-state index contributed by atoms with van der Waals surface area (Å²) in [7, 11) is 0. The van der Waals surface area contributed by atoms with Gasteiger partial charge in [-0.05, 0) is 43.2 Å². The zero-order valence-electron chi connectivity index (χ0n) is 16.3. The molecule has 1 saturated heterocycles. The summed E-state index contributed by atoms with van der Waals surface area (Å²) in [6, 6.07) is 15.6. The molecule has 6 nitrogen and oxygen atoms in total. The van der Waals surface area contributed by atoms with Crippen LogP contribution in [0.4, 0.5) is 5.69 Å². The molecule has 2 heterocycles. The first kappa shape index (κ1) is 18.5. The highest BCUT2D eigenvalue weighted by Crippen LogP contribution is 2.40. The quantitative estimate of drug-likeness (QED) is 0.375. The minimum absolute atomic E-state index is 0.159. The average molecular weight is 400 g/mol. The van der Waals surface area contributed by atoms with E-state index in [4.69, 9.17) is 4.74 Å². The number of benzene rings is 2. The van der Waals surface area contributed by atoms with Gasteiger partial charge in [-0.3, -0.25) is 19.5 Å². The van der Waals surface area contributed by atoms with Gasteiger partial charge in [-0.25, -0.2) is 4.79 Å². The van der Waals surface area contributed by atoms with E-state index in [0.29, 0.717) is 17.0 Å². The second-order valence-corrected chi connectivity index (χ2v) is 7.78. The van der Waals surface area contributed by atoms with Crippen LogP contribution in [0.25, 0.3) is 10.9 Å². The second kappa shape index (κ2) is 7.37. The molecule has 1 saturated carbocycles. The third-order valence-electron chi connectivity index (χ3n) is 5.98. The molecular weight excluding hydrogens is 380 g/mol. The molecule has 2 amide bonds. The van der Waals surface area contributed by atoms with Crippen LogP contribution in [-0.4, -0.2) is 22.8 Å². The standard InChI is InChI=1S/C24H20N2O4/c27-22-18-10-1-2-11-19(18)23(28)26(22)17-9-3-7-16(14-17)24(29)30-20-12-4-6-15-8-5-13-25-21(15)20/h3-9,12-14,18-19H,1-2,10-11H2/t18-,19-/m1/s1. The highest BCUT2D eigenvalue weighted by atomic mass is 16.5. The Morgan fingerprint density at radius 2 is 1.63 bits per heavy atom. The Balaban J connectivity index is 1.43. The summed E-state index contributed by atoms with van der Waals surface area (Å²) in [5.41, 5.74) is 1.29. The molecule has 30 heavy (non-hydrogen) atoms. The van der Waals surface area contributed by atoms with Gasteiger partial charge >= 0.3 is 5.97 Å². The van der Waals surface area contributed by atoms with Gasteiger partial charge in [-0.1, -0.05) is 37.1 Å². The fraction of sp³-hybridized carbons (Fsp3) is 0.250. The van der Waals surface area contributed by atoms with Gasteiger partial charge in [0.1, 0.15) is 5.52 Å². The molecule has 2 atom stereocenters.